The van der Waals surface area contributed by atoms with Gasteiger partial charge in [0.2, 0.25) is 0 Å². The summed E-state index contributed by atoms with van der Waals surface area (Å²) in [6.07, 6.45) is 4.02. The Bertz CT molecular complexity index is 1150. The van der Waals surface area contributed by atoms with Gasteiger partial charge < -0.3 is 0 Å². The molecule has 4 aromatic rings. The second kappa shape index (κ2) is 8.49. The average Bonchev–Trinajstić information content (AvgIpc) is 3.34. The number of hydrogen-bond donors (Lipinski definition) is 0. The first kappa shape index (κ1) is 20.6. The van der Waals surface area contributed by atoms with Crippen molar-refractivity contribution >= 4 is 45.3 Å². The molecule has 1 saturated carbocycles. The van der Waals surface area contributed by atoms with E-state index < -0.39 is 0 Å². The van der Waals surface area contributed by atoms with E-state index in [1.54, 1.807) is 19.6 Å². The maximum Gasteiger partial charge on any atom is 0.177 e. The third-order valence-electron chi connectivity index (χ3n) is 6.78. The van der Waals surface area contributed by atoms with Crippen LogP contribution in [0.1, 0.15) is 19.3 Å². The minimum absolute atomic E-state index is 0.124. The molecule has 2 heterocycles. The van der Waals surface area contributed by atoms with Crippen LogP contribution in [0.15, 0.2) is 136 Å². The van der Waals surface area contributed by atoms with E-state index in [9.17, 15) is 0 Å². The first-order valence-corrected chi connectivity index (χ1v) is 15.8. The van der Waals surface area contributed by atoms with E-state index >= 15 is 0 Å². The molecule has 0 radical (unpaired) electrons. The standard InChI is InChI=1S/C29H24S4/c1-5-14-24-20(10-1)30-21-11-2-6-15-25(21)32(24)28-18-9-19-29(28)33-26-16-7-3-12-22(26)31-23-13-4-8-17-27(23)33/h1-8,10-17,28-29H,9,18-19H2/q+2/t28-,29-/m1/s1. The van der Waals surface area contributed by atoms with E-state index in [4.69, 9.17) is 0 Å². The molecular weight excluding hydrogens is 477 g/mol. The summed E-state index contributed by atoms with van der Waals surface area (Å²) in [5.41, 5.74) is 0. The van der Waals surface area contributed by atoms with Crippen LogP contribution in [0.2, 0.25) is 0 Å². The molecule has 4 aromatic carbocycles. The van der Waals surface area contributed by atoms with Crippen molar-refractivity contribution in [3.63, 3.8) is 0 Å². The van der Waals surface area contributed by atoms with Gasteiger partial charge in [-0.1, -0.05) is 72.1 Å². The molecule has 1 fully saturated rings. The summed E-state index contributed by atoms with van der Waals surface area (Å²) in [5, 5.41) is 1.39. The summed E-state index contributed by atoms with van der Waals surface area (Å²) < 4.78 is 0. The highest BCUT2D eigenvalue weighted by molar-refractivity contribution is 8.06. The molecule has 0 amide bonds. The Morgan fingerprint density at radius 3 is 1.09 bits per heavy atom. The summed E-state index contributed by atoms with van der Waals surface area (Å²) in [4.78, 5) is 12.2. The lowest BCUT2D eigenvalue weighted by molar-refractivity contribution is 0.881. The zero-order chi connectivity index (χ0) is 21.8. The second-order valence-electron chi connectivity index (χ2n) is 8.67. The summed E-state index contributed by atoms with van der Waals surface area (Å²) in [5.74, 6) is 0. The van der Waals surface area contributed by atoms with Gasteiger partial charge in [-0.2, -0.15) is 0 Å². The van der Waals surface area contributed by atoms with Crippen molar-refractivity contribution in [1.29, 1.82) is 0 Å². The molecule has 2 aliphatic heterocycles. The van der Waals surface area contributed by atoms with Crippen molar-refractivity contribution in [2.75, 3.05) is 0 Å². The van der Waals surface area contributed by atoms with Crippen LogP contribution in [0, 0.1) is 0 Å². The summed E-state index contributed by atoms with van der Waals surface area (Å²) in [7, 11) is 0.248. The Kier molecular flexibility index (Phi) is 5.31. The zero-order valence-electron chi connectivity index (χ0n) is 18.1. The van der Waals surface area contributed by atoms with E-state index in [0.717, 1.165) is 0 Å². The van der Waals surface area contributed by atoms with Crippen LogP contribution >= 0.6 is 23.5 Å². The first-order valence-electron chi connectivity index (χ1n) is 11.6. The average molecular weight is 501 g/mol. The highest BCUT2D eigenvalue weighted by atomic mass is 32.2. The Morgan fingerprint density at radius 1 is 0.455 bits per heavy atom. The molecule has 0 spiro atoms. The molecule has 7 rings (SSSR count). The monoisotopic (exact) mass is 500 g/mol. The van der Waals surface area contributed by atoms with Gasteiger partial charge in [-0.05, 0) is 55.0 Å². The van der Waals surface area contributed by atoms with Crippen molar-refractivity contribution in [3.05, 3.63) is 97.1 Å². The van der Waals surface area contributed by atoms with Crippen LogP contribution in [-0.4, -0.2) is 10.5 Å². The maximum absolute atomic E-state index is 2.42. The van der Waals surface area contributed by atoms with Gasteiger partial charge in [0.25, 0.3) is 0 Å². The number of fused-ring (bicyclic) bond motifs is 4. The number of rotatable bonds is 2. The molecule has 0 nitrogen and oxygen atoms in total. The fraction of sp³-hybridized carbons (Fsp3) is 0.172. The van der Waals surface area contributed by atoms with Gasteiger partial charge >= 0.3 is 0 Å². The normalized spacial score (nSPS) is 21.7. The van der Waals surface area contributed by atoms with E-state index in [0.29, 0.717) is 10.5 Å². The minimum atomic E-state index is 0.124. The van der Waals surface area contributed by atoms with Crippen molar-refractivity contribution in [1.82, 2.24) is 0 Å². The SMILES string of the molecule is c1ccc2c(c1)Sc1ccccc1[S+]2[C@@H]1CCC[C@H]1[S+]1c2ccccc2Sc2ccccc21. The molecule has 0 aromatic heterocycles. The van der Waals surface area contributed by atoms with E-state index in [-0.39, 0.29) is 21.8 Å². The first-order chi connectivity index (χ1) is 16.4. The van der Waals surface area contributed by atoms with Crippen LogP contribution in [0.25, 0.3) is 0 Å². The highest BCUT2D eigenvalue weighted by Crippen LogP contribution is 2.54. The molecule has 3 aliphatic rings. The van der Waals surface area contributed by atoms with Crippen molar-refractivity contribution in [3.8, 4) is 0 Å². The lowest BCUT2D eigenvalue weighted by Gasteiger charge is -2.28. The largest absolute Gasteiger partial charge is 0.177 e. The quantitative estimate of drug-likeness (QED) is 0.254. The summed E-state index contributed by atoms with van der Waals surface area (Å²) in [6, 6.07) is 36.8. The molecule has 0 unspecified atom stereocenters. The molecule has 0 N–H and O–H groups in total. The van der Waals surface area contributed by atoms with Gasteiger partial charge in [0.15, 0.2) is 30.1 Å². The molecule has 1 aliphatic carbocycles. The molecule has 33 heavy (non-hydrogen) atoms. The van der Waals surface area contributed by atoms with E-state index in [1.807, 2.05) is 23.5 Å². The highest BCUT2D eigenvalue weighted by Gasteiger charge is 2.57. The minimum Gasteiger partial charge on any atom is -0.0795 e. The predicted molar refractivity (Wildman–Crippen MR) is 143 cm³/mol. The molecule has 162 valence electrons. The van der Waals surface area contributed by atoms with Gasteiger partial charge in [0.1, 0.15) is 0 Å². The van der Waals surface area contributed by atoms with Crippen LogP contribution in [0.3, 0.4) is 0 Å². The van der Waals surface area contributed by atoms with E-state index in [2.05, 4.69) is 97.1 Å². The smallest absolute Gasteiger partial charge is 0.0795 e. The molecule has 0 bridgehead atoms. The van der Waals surface area contributed by atoms with Crippen molar-refractivity contribution < 1.29 is 0 Å². The number of benzene rings is 4. The third-order valence-corrected chi connectivity index (χ3v) is 15.4. The molecule has 4 heteroatoms. The third kappa shape index (κ3) is 3.41. The van der Waals surface area contributed by atoms with Gasteiger partial charge in [0.05, 0.1) is 41.4 Å². The van der Waals surface area contributed by atoms with Crippen LogP contribution in [-0.2, 0) is 21.8 Å². The second-order valence-corrected chi connectivity index (χ2v) is 15.2. The fourth-order valence-corrected chi connectivity index (χ4v) is 14.9. The molecule has 2 atom stereocenters. The Morgan fingerprint density at radius 2 is 0.758 bits per heavy atom. The zero-order valence-corrected chi connectivity index (χ0v) is 21.4. The Hall–Kier alpha value is -1.72. The maximum atomic E-state index is 2.42. The van der Waals surface area contributed by atoms with Gasteiger partial charge in [-0.3, -0.25) is 0 Å². The number of hydrogen-bond acceptors (Lipinski definition) is 2. The van der Waals surface area contributed by atoms with Crippen molar-refractivity contribution in [2.45, 2.75) is 68.9 Å². The Labute approximate surface area is 210 Å². The van der Waals surface area contributed by atoms with Crippen LogP contribution in [0.5, 0.6) is 0 Å². The van der Waals surface area contributed by atoms with Crippen LogP contribution in [0.4, 0.5) is 0 Å². The van der Waals surface area contributed by atoms with Gasteiger partial charge in [-0.25, -0.2) is 0 Å². The lowest BCUT2D eigenvalue weighted by Crippen LogP contribution is -2.38. The Balaban J connectivity index is 1.39. The molecular formula is C29H24S4+2. The van der Waals surface area contributed by atoms with E-state index in [1.165, 1.54) is 38.8 Å². The molecule has 0 saturated heterocycles. The topological polar surface area (TPSA) is 0 Å². The predicted octanol–water partition coefficient (Wildman–Crippen LogP) is 8.31. The van der Waals surface area contributed by atoms with Crippen LogP contribution < -0.4 is 0 Å². The fourth-order valence-electron chi connectivity index (χ4n) is 5.42. The van der Waals surface area contributed by atoms with Gasteiger partial charge in [-0.15, -0.1) is 0 Å². The van der Waals surface area contributed by atoms with Crippen molar-refractivity contribution in [2.24, 2.45) is 0 Å². The van der Waals surface area contributed by atoms with Gasteiger partial charge in [0, 0.05) is 12.8 Å². The lowest BCUT2D eigenvalue weighted by atomic mass is 10.3. The summed E-state index contributed by atoms with van der Waals surface area (Å²) in [6.45, 7) is 0. The summed E-state index contributed by atoms with van der Waals surface area (Å²) >= 11 is 3.93.